The van der Waals surface area contributed by atoms with Gasteiger partial charge < -0.3 is 14.7 Å². The molecular formula is C18H20F3N3O2. The van der Waals surface area contributed by atoms with E-state index in [0.29, 0.717) is 5.82 Å². The summed E-state index contributed by atoms with van der Waals surface area (Å²) >= 11 is 0. The Morgan fingerprint density at radius 1 is 1.12 bits per heavy atom. The SMILES string of the molecule is Cc1cc(C)c(N2COCc3c(C(O)C(F)(F)F)nc(C)nc32)c(C)c1. The lowest BCUT2D eigenvalue weighted by Gasteiger charge is -2.34. The first-order chi connectivity index (χ1) is 12.1. The fourth-order valence-electron chi connectivity index (χ4n) is 3.41. The van der Waals surface area contributed by atoms with Gasteiger partial charge in [0.25, 0.3) is 0 Å². The van der Waals surface area contributed by atoms with E-state index in [-0.39, 0.29) is 24.7 Å². The van der Waals surface area contributed by atoms with Gasteiger partial charge in [-0.1, -0.05) is 17.7 Å². The normalized spacial score (nSPS) is 15.8. The summed E-state index contributed by atoms with van der Waals surface area (Å²) in [6.07, 6.45) is -7.49. The Bertz CT molecular complexity index is 829. The average Bonchev–Trinajstić information content (AvgIpc) is 2.52. The third-order valence-corrected chi connectivity index (χ3v) is 4.33. The molecule has 1 aromatic carbocycles. The molecular weight excluding hydrogens is 347 g/mol. The first kappa shape index (κ1) is 18.6. The van der Waals surface area contributed by atoms with E-state index in [0.717, 1.165) is 22.4 Å². The molecule has 1 unspecified atom stereocenters. The second-order valence-corrected chi connectivity index (χ2v) is 6.56. The number of alkyl halides is 3. The van der Waals surface area contributed by atoms with Crippen LogP contribution in [0, 0.1) is 27.7 Å². The largest absolute Gasteiger partial charge is 0.420 e. The fourth-order valence-corrected chi connectivity index (χ4v) is 3.41. The highest BCUT2D eigenvalue weighted by Gasteiger charge is 2.43. The van der Waals surface area contributed by atoms with E-state index in [1.807, 2.05) is 32.9 Å². The van der Waals surface area contributed by atoms with Crippen LogP contribution in [0.5, 0.6) is 0 Å². The number of anilines is 2. The van der Waals surface area contributed by atoms with Gasteiger partial charge in [-0.25, -0.2) is 9.97 Å². The zero-order valence-corrected chi connectivity index (χ0v) is 15.0. The molecule has 2 heterocycles. The second-order valence-electron chi connectivity index (χ2n) is 6.56. The summed E-state index contributed by atoms with van der Waals surface area (Å²) in [4.78, 5) is 9.95. The highest BCUT2D eigenvalue weighted by Crippen LogP contribution is 2.40. The van der Waals surface area contributed by atoms with Crippen molar-refractivity contribution in [2.45, 2.75) is 46.6 Å². The molecule has 8 heteroatoms. The van der Waals surface area contributed by atoms with Gasteiger partial charge in [-0.05, 0) is 38.8 Å². The van der Waals surface area contributed by atoms with Crippen molar-refractivity contribution in [1.29, 1.82) is 0 Å². The third-order valence-electron chi connectivity index (χ3n) is 4.33. The Morgan fingerprint density at radius 2 is 1.73 bits per heavy atom. The first-order valence-corrected chi connectivity index (χ1v) is 8.15. The van der Waals surface area contributed by atoms with Gasteiger partial charge in [-0.3, -0.25) is 0 Å². The predicted molar refractivity (Wildman–Crippen MR) is 90.2 cm³/mol. The molecule has 1 atom stereocenters. The van der Waals surface area contributed by atoms with Gasteiger partial charge >= 0.3 is 6.18 Å². The summed E-state index contributed by atoms with van der Waals surface area (Å²) in [5.74, 6) is 0.508. The Labute approximate surface area is 149 Å². The predicted octanol–water partition coefficient (Wildman–Crippen LogP) is 3.93. The van der Waals surface area contributed by atoms with Crippen LogP contribution < -0.4 is 4.90 Å². The molecule has 0 saturated carbocycles. The van der Waals surface area contributed by atoms with E-state index >= 15 is 0 Å². The standard InChI is InChI=1S/C18H20F3N3O2/c1-9-5-10(2)15(11(3)6-9)24-8-26-7-13-14(16(25)18(19,20)21)22-12(4)23-17(13)24/h5-6,16,25H,7-8H2,1-4H3. The summed E-state index contributed by atoms with van der Waals surface area (Å²) in [7, 11) is 0. The molecule has 5 nitrogen and oxygen atoms in total. The number of halogens is 3. The highest BCUT2D eigenvalue weighted by molar-refractivity contribution is 5.70. The van der Waals surface area contributed by atoms with E-state index in [1.165, 1.54) is 6.92 Å². The molecule has 0 spiro atoms. The number of nitrogens with zero attached hydrogens (tertiary/aromatic N) is 3. The summed E-state index contributed by atoms with van der Waals surface area (Å²) in [6.45, 7) is 7.43. The van der Waals surface area contributed by atoms with E-state index in [4.69, 9.17) is 4.74 Å². The van der Waals surface area contributed by atoms with Crippen LogP contribution in [0.25, 0.3) is 0 Å². The van der Waals surface area contributed by atoms with Crippen molar-refractivity contribution >= 4 is 11.5 Å². The topological polar surface area (TPSA) is 58.5 Å². The van der Waals surface area contributed by atoms with E-state index in [2.05, 4.69) is 9.97 Å². The van der Waals surface area contributed by atoms with Crippen molar-refractivity contribution in [3.05, 3.63) is 45.9 Å². The van der Waals surface area contributed by atoms with Gasteiger partial charge in [0.1, 0.15) is 18.4 Å². The van der Waals surface area contributed by atoms with Crippen molar-refractivity contribution in [1.82, 2.24) is 9.97 Å². The maximum atomic E-state index is 13.1. The molecule has 0 amide bonds. The van der Waals surface area contributed by atoms with E-state index in [1.54, 1.807) is 4.90 Å². The van der Waals surface area contributed by atoms with E-state index < -0.39 is 18.0 Å². The number of rotatable bonds is 2. The Morgan fingerprint density at radius 3 is 2.31 bits per heavy atom. The van der Waals surface area contributed by atoms with Crippen LogP contribution in [0.1, 0.15) is 39.9 Å². The zero-order valence-electron chi connectivity index (χ0n) is 15.0. The molecule has 1 N–H and O–H groups in total. The van der Waals surface area contributed by atoms with Crippen LogP contribution >= 0.6 is 0 Å². The molecule has 0 fully saturated rings. The third kappa shape index (κ3) is 3.26. The lowest BCUT2D eigenvalue weighted by atomic mass is 10.0. The summed E-state index contributed by atoms with van der Waals surface area (Å²) in [5.41, 5.74) is 3.57. The highest BCUT2D eigenvalue weighted by atomic mass is 19.4. The lowest BCUT2D eigenvalue weighted by Crippen LogP contribution is -2.32. The maximum Gasteiger partial charge on any atom is 0.420 e. The van der Waals surface area contributed by atoms with Crippen LogP contribution in [-0.2, 0) is 11.3 Å². The molecule has 140 valence electrons. The van der Waals surface area contributed by atoms with Crippen LogP contribution in [0.15, 0.2) is 12.1 Å². The van der Waals surface area contributed by atoms with Gasteiger partial charge in [-0.15, -0.1) is 0 Å². The zero-order chi connectivity index (χ0) is 19.2. The van der Waals surface area contributed by atoms with Crippen LogP contribution in [0.3, 0.4) is 0 Å². The second kappa shape index (κ2) is 6.51. The minimum absolute atomic E-state index is 0.0848. The fraction of sp³-hybridized carbons (Fsp3) is 0.444. The van der Waals surface area contributed by atoms with Crippen molar-refractivity contribution in [3.8, 4) is 0 Å². The number of hydrogen-bond acceptors (Lipinski definition) is 5. The molecule has 3 rings (SSSR count). The van der Waals surface area contributed by atoms with Gasteiger partial charge in [0.05, 0.1) is 18.0 Å². The summed E-state index contributed by atoms with van der Waals surface area (Å²) in [5, 5.41) is 9.75. The molecule has 0 saturated heterocycles. The smallest absolute Gasteiger partial charge is 0.378 e. The minimum Gasteiger partial charge on any atom is -0.378 e. The lowest BCUT2D eigenvalue weighted by molar-refractivity contribution is -0.208. The van der Waals surface area contributed by atoms with E-state index in [9.17, 15) is 18.3 Å². The number of aryl methyl sites for hydroxylation is 4. The maximum absolute atomic E-state index is 13.1. The average molecular weight is 367 g/mol. The molecule has 0 aliphatic carbocycles. The molecule has 1 aliphatic rings. The number of hydrogen-bond donors (Lipinski definition) is 1. The number of aliphatic hydroxyl groups is 1. The number of aromatic nitrogens is 2. The number of fused-ring (bicyclic) bond motifs is 1. The molecule has 0 radical (unpaired) electrons. The Balaban J connectivity index is 2.19. The van der Waals surface area contributed by atoms with Crippen LogP contribution in [0.4, 0.5) is 24.7 Å². The summed E-state index contributed by atoms with van der Waals surface area (Å²) < 4.78 is 44.7. The molecule has 1 aliphatic heterocycles. The minimum atomic E-state index is -4.81. The first-order valence-electron chi connectivity index (χ1n) is 8.15. The van der Waals surface area contributed by atoms with Gasteiger partial charge in [0, 0.05) is 5.56 Å². The summed E-state index contributed by atoms with van der Waals surface area (Å²) in [6, 6.07) is 3.99. The molecule has 2 aromatic rings. The van der Waals surface area contributed by atoms with Gasteiger partial charge in [0.2, 0.25) is 0 Å². The number of benzene rings is 1. The van der Waals surface area contributed by atoms with Crippen LogP contribution in [-0.4, -0.2) is 28.0 Å². The quantitative estimate of drug-likeness (QED) is 0.872. The number of aliphatic hydroxyl groups excluding tert-OH is 1. The van der Waals surface area contributed by atoms with Crippen molar-refractivity contribution in [2.75, 3.05) is 11.6 Å². The van der Waals surface area contributed by atoms with Crippen molar-refractivity contribution < 1.29 is 23.0 Å². The molecule has 26 heavy (non-hydrogen) atoms. The van der Waals surface area contributed by atoms with Gasteiger partial charge in [0.15, 0.2) is 6.10 Å². The molecule has 1 aromatic heterocycles. The van der Waals surface area contributed by atoms with Crippen molar-refractivity contribution in [3.63, 3.8) is 0 Å². The number of ether oxygens (including phenoxy) is 1. The Hall–Kier alpha value is -2.19. The van der Waals surface area contributed by atoms with Gasteiger partial charge in [-0.2, -0.15) is 13.2 Å². The van der Waals surface area contributed by atoms with Crippen LogP contribution in [0.2, 0.25) is 0 Å². The monoisotopic (exact) mass is 367 g/mol. The Kier molecular flexibility index (Phi) is 4.66. The molecule has 0 bridgehead atoms. The van der Waals surface area contributed by atoms with Crippen molar-refractivity contribution in [2.24, 2.45) is 0 Å².